The number of benzene rings is 1. The number of unbranched alkanes of at least 4 members (excludes halogenated alkanes) is 1. The first-order chi connectivity index (χ1) is 14.5. The number of amides is 4. The van der Waals surface area contributed by atoms with Crippen LogP contribution < -0.4 is 15.4 Å². The van der Waals surface area contributed by atoms with E-state index in [1.807, 2.05) is 11.0 Å². The summed E-state index contributed by atoms with van der Waals surface area (Å²) >= 11 is 0. The van der Waals surface area contributed by atoms with Crippen molar-refractivity contribution in [3.8, 4) is 5.75 Å². The number of carbonyl (C=O) groups excluding carboxylic acids is 4. The fourth-order valence-corrected chi connectivity index (χ4v) is 4.16. The first-order valence-corrected chi connectivity index (χ1v) is 10.4. The van der Waals surface area contributed by atoms with E-state index in [2.05, 4.69) is 10.6 Å². The molecule has 9 nitrogen and oxygen atoms in total. The third-order valence-corrected chi connectivity index (χ3v) is 5.81. The molecule has 1 unspecified atom stereocenters. The molecule has 2 fully saturated rings. The third-order valence-electron chi connectivity index (χ3n) is 5.81. The molecular weight excluding hydrogens is 388 g/mol. The zero-order valence-electron chi connectivity index (χ0n) is 16.8. The van der Waals surface area contributed by atoms with Crippen LogP contribution in [0.25, 0.3) is 0 Å². The van der Waals surface area contributed by atoms with Crippen LogP contribution in [0.3, 0.4) is 0 Å². The molecule has 0 bridgehead atoms. The third kappa shape index (κ3) is 4.16. The lowest BCUT2D eigenvalue weighted by atomic mass is 10.0. The number of nitrogens with one attached hydrogen (secondary N) is 2. The van der Waals surface area contributed by atoms with Crippen molar-refractivity contribution in [3.63, 3.8) is 0 Å². The largest absolute Gasteiger partial charge is 0.493 e. The smallest absolute Gasteiger partial charge is 0.255 e. The number of piperazine rings is 1. The number of hydrogen-bond acceptors (Lipinski definition) is 6. The van der Waals surface area contributed by atoms with Crippen LogP contribution in [0.2, 0.25) is 0 Å². The molecule has 2 N–H and O–H groups in total. The van der Waals surface area contributed by atoms with Gasteiger partial charge in [0, 0.05) is 37.2 Å². The Morgan fingerprint density at radius 3 is 2.80 bits per heavy atom. The molecule has 1 aromatic rings. The summed E-state index contributed by atoms with van der Waals surface area (Å²) in [7, 11) is 0. The maximum atomic E-state index is 12.8. The van der Waals surface area contributed by atoms with Gasteiger partial charge in [0.1, 0.15) is 11.8 Å². The number of fused-ring (bicyclic) bond motifs is 1. The van der Waals surface area contributed by atoms with Gasteiger partial charge in [0.25, 0.3) is 5.91 Å². The van der Waals surface area contributed by atoms with E-state index < -0.39 is 11.9 Å². The Labute approximate surface area is 174 Å². The summed E-state index contributed by atoms with van der Waals surface area (Å²) in [6.45, 7) is 3.48. The lowest BCUT2D eigenvalue weighted by molar-refractivity contribution is -0.137. The molecule has 2 saturated heterocycles. The summed E-state index contributed by atoms with van der Waals surface area (Å²) in [4.78, 5) is 51.6. The number of carbonyl (C=O) groups is 4. The van der Waals surface area contributed by atoms with Gasteiger partial charge in [-0.25, -0.2) is 0 Å². The van der Waals surface area contributed by atoms with Crippen molar-refractivity contribution in [1.82, 2.24) is 20.4 Å². The molecule has 160 valence electrons. The van der Waals surface area contributed by atoms with E-state index in [0.717, 1.165) is 38.0 Å². The summed E-state index contributed by atoms with van der Waals surface area (Å²) in [5, 5.41) is 5.37. The van der Waals surface area contributed by atoms with Crippen LogP contribution in [-0.2, 0) is 20.9 Å². The van der Waals surface area contributed by atoms with E-state index in [9.17, 15) is 19.2 Å². The van der Waals surface area contributed by atoms with Crippen LogP contribution in [0, 0.1) is 0 Å². The van der Waals surface area contributed by atoms with Crippen LogP contribution in [0.5, 0.6) is 5.75 Å². The molecule has 30 heavy (non-hydrogen) atoms. The molecule has 0 aliphatic carbocycles. The molecular formula is C21H26N4O5. The highest BCUT2D eigenvalue weighted by atomic mass is 16.5. The zero-order valence-corrected chi connectivity index (χ0v) is 16.8. The van der Waals surface area contributed by atoms with Crippen molar-refractivity contribution in [2.75, 3.05) is 32.8 Å². The number of rotatable bonds is 7. The lowest BCUT2D eigenvalue weighted by Gasteiger charge is -2.29. The second kappa shape index (κ2) is 8.83. The van der Waals surface area contributed by atoms with Gasteiger partial charge in [0.2, 0.25) is 17.7 Å². The minimum atomic E-state index is -0.632. The van der Waals surface area contributed by atoms with Crippen LogP contribution in [0.4, 0.5) is 0 Å². The van der Waals surface area contributed by atoms with Gasteiger partial charge in [-0.2, -0.15) is 0 Å². The Balaban J connectivity index is 1.32. The first kappa shape index (κ1) is 20.3. The number of ether oxygens (including phenoxy) is 1. The Kier molecular flexibility index (Phi) is 5.98. The minimum Gasteiger partial charge on any atom is -0.493 e. The molecule has 0 saturated carbocycles. The maximum absolute atomic E-state index is 12.8. The molecule has 9 heteroatoms. The van der Waals surface area contributed by atoms with Gasteiger partial charge >= 0.3 is 0 Å². The zero-order chi connectivity index (χ0) is 21.1. The van der Waals surface area contributed by atoms with Crippen molar-refractivity contribution in [1.29, 1.82) is 0 Å². The molecule has 3 heterocycles. The van der Waals surface area contributed by atoms with Gasteiger partial charge in [-0.1, -0.05) is 6.07 Å². The highest BCUT2D eigenvalue weighted by Gasteiger charge is 2.40. The van der Waals surface area contributed by atoms with Crippen molar-refractivity contribution in [2.24, 2.45) is 0 Å². The summed E-state index contributed by atoms with van der Waals surface area (Å²) in [5.41, 5.74) is 1.33. The standard InChI is InChI=1S/C21H26N4O5/c26-18-7-6-16(20(28)23-18)25-13-15-14(21(25)29)4-3-5-17(15)30-11-2-1-9-24-10-8-22-12-19(24)27/h3-5,16,22H,1-2,6-13H2,(H,23,26,28). The molecule has 3 aliphatic rings. The Morgan fingerprint density at radius 1 is 1.13 bits per heavy atom. The van der Waals surface area contributed by atoms with E-state index in [0.29, 0.717) is 37.4 Å². The average molecular weight is 414 g/mol. The quantitative estimate of drug-likeness (QED) is 0.482. The Morgan fingerprint density at radius 2 is 2.00 bits per heavy atom. The second-order valence-corrected chi connectivity index (χ2v) is 7.80. The van der Waals surface area contributed by atoms with Gasteiger partial charge in [0.05, 0.1) is 19.7 Å². The molecule has 1 atom stereocenters. The molecule has 4 rings (SSSR count). The van der Waals surface area contributed by atoms with Crippen molar-refractivity contribution < 1.29 is 23.9 Å². The second-order valence-electron chi connectivity index (χ2n) is 7.80. The van der Waals surface area contributed by atoms with Gasteiger partial charge < -0.3 is 19.9 Å². The minimum absolute atomic E-state index is 0.134. The SMILES string of the molecule is O=C1CCC(N2Cc3c(OCCCCN4CCNCC4=O)cccc3C2=O)C(=O)N1. The fourth-order valence-electron chi connectivity index (χ4n) is 4.16. The van der Waals surface area contributed by atoms with Crippen LogP contribution in [-0.4, -0.2) is 72.3 Å². The summed E-state index contributed by atoms with van der Waals surface area (Å²) in [6.07, 6.45) is 2.22. The Bertz CT molecular complexity index is 871. The van der Waals surface area contributed by atoms with E-state index in [1.54, 1.807) is 12.1 Å². The predicted molar refractivity (Wildman–Crippen MR) is 107 cm³/mol. The van der Waals surface area contributed by atoms with Crippen LogP contribution >= 0.6 is 0 Å². The van der Waals surface area contributed by atoms with Gasteiger partial charge in [0.15, 0.2) is 0 Å². The summed E-state index contributed by atoms with van der Waals surface area (Å²) in [5.74, 6) is -0.143. The number of hydrogen-bond donors (Lipinski definition) is 2. The topological polar surface area (TPSA) is 108 Å². The van der Waals surface area contributed by atoms with Crippen molar-refractivity contribution >= 4 is 23.6 Å². The maximum Gasteiger partial charge on any atom is 0.255 e. The van der Waals surface area contributed by atoms with Crippen molar-refractivity contribution in [2.45, 2.75) is 38.3 Å². The van der Waals surface area contributed by atoms with Gasteiger partial charge in [-0.15, -0.1) is 0 Å². The summed E-state index contributed by atoms with van der Waals surface area (Å²) < 4.78 is 5.94. The number of imide groups is 1. The normalized spacial score (nSPS) is 21.7. The van der Waals surface area contributed by atoms with Gasteiger partial charge in [-0.3, -0.25) is 24.5 Å². The predicted octanol–water partition coefficient (Wildman–Crippen LogP) is 0.0384. The molecule has 0 spiro atoms. The van der Waals surface area contributed by atoms with Crippen molar-refractivity contribution in [3.05, 3.63) is 29.3 Å². The molecule has 3 aliphatic heterocycles. The van der Waals surface area contributed by atoms with E-state index in [-0.39, 0.29) is 24.1 Å². The number of piperidine rings is 1. The molecule has 0 radical (unpaired) electrons. The average Bonchev–Trinajstić information content (AvgIpc) is 3.06. The van der Waals surface area contributed by atoms with E-state index in [1.165, 1.54) is 4.90 Å². The summed E-state index contributed by atoms with van der Waals surface area (Å²) in [6, 6.07) is 4.72. The van der Waals surface area contributed by atoms with Crippen LogP contribution in [0.1, 0.15) is 41.6 Å². The monoisotopic (exact) mass is 414 g/mol. The highest BCUT2D eigenvalue weighted by molar-refractivity contribution is 6.05. The number of nitrogens with zero attached hydrogens (tertiary/aromatic N) is 2. The van der Waals surface area contributed by atoms with E-state index >= 15 is 0 Å². The van der Waals surface area contributed by atoms with E-state index in [4.69, 9.17) is 4.74 Å². The molecule has 4 amide bonds. The van der Waals surface area contributed by atoms with Gasteiger partial charge in [-0.05, 0) is 31.4 Å². The Hall–Kier alpha value is -2.94. The first-order valence-electron chi connectivity index (χ1n) is 10.4. The fraction of sp³-hybridized carbons (Fsp3) is 0.524. The lowest BCUT2D eigenvalue weighted by Crippen LogP contribution is -2.52. The highest BCUT2D eigenvalue weighted by Crippen LogP contribution is 2.33. The molecule has 1 aromatic carbocycles. The molecule has 0 aromatic heterocycles. The van der Waals surface area contributed by atoms with Crippen LogP contribution in [0.15, 0.2) is 18.2 Å².